The van der Waals surface area contributed by atoms with E-state index < -0.39 is 0 Å². The average molecular weight is 280 g/mol. The van der Waals surface area contributed by atoms with E-state index in [1.165, 1.54) is 25.7 Å². The largest absolute Gasteiger partial charge is 0.376 e. The molecular weight excluding hydrogens is 248 g/mol. The van der Waals surface area contributed by atoms with Crippen molar-refractivity contribution in [1.29, 1.82) is 0 Å². The second kappa shape index (κ2) is 5.28. The molecule has 0 aliphatic carbocycles. The van der Waals surface area contributed by atoms with Gasteiger partial charge in [-0.3, -0.25) is 0 Å². The molecule has 3 aliphatic heterocycles. The standard InChI is InChI=1S/C18H32O2/c1-6-18(12(4)5)10-19-17(18)15-9-14-7-13(11(2)3)8-16(15)20-14/h11-17H,6-10H2,1-5H3. The fourth-order valence-corrected chi connectivity index (χ4v) is 4.99. The molecule has 116 valence electrons. The van der Waals surface area contributed by atoms with E-state index >= 15 is 0 Å². The van der Waals surface area contributed by atoms with Crippen LogP contribution in [-0.4, -0.2) is 24.9 Å². The summed E-state index contributed by atoms with van der Waals surface area (Å²) in [6.07, 6.45) is 6.46. The summed E-state index contributed by atoms with van der Waals surface area (Å²) in [6, 6.07) is 0. The SMILES string of the molecule is CCC1(C(C)C)COC1C1CC2CC(C(C)C)CC1O2. The van der Waals surface area contributed by atoms with Gasteiger partial charge in [-0.2, -0.15) is 0 Å². The quantitative estimate of drug-likeness (QED) is 0.765. The Labute approximate surface area is 124 Å². The van der Waals surface area contributed by atoms with E-state index in [-0.39, 0.29) is 0 Å². The number of rotatable bonds is 4. The first kappa shape index (κ1) is 14.8. The van der Waals surface area contributed by atoms with E-state index in [4.69, 9.17) is 9.47 Å². The van der Waals surface area contributed by atoms with Gasteiger partial charge in [-0.05, 0) is 43.4 Å². The lowest BCUT2D eigenvalue weighted by molar-refractivity contribution is -0.239. The monoisotopic (exact) mass is 280 g/mol. The van der Waals surface area contributed by atoms with Gasteiger partial charge in [0.1, 0.15) is 0 Å². The van der Waals surface area contributed by atoms with Gasteiger partial charge >= 0.3 is 0 Å². The molecule has 3 heterocycles. The second-order valence-electron chi connectivity index (χ2n) is 8.14. The maximum absolute atomic E-state index is 6.28. The lowest BCUT2D eigenvalue weighted by atomic mass is 9.63. The van der Waals surface area contributed by atoms with Gasteiger partial charge in [0.25, 0.3) is 0 Å². The first-order valence-corrected chi connectivity index (χ1v) is 8.75. The molecule has 6 unspecified atom stereocenters. The highest BCUT2D eigenvalue weighted by Gasteiger charge is 2.57. The van der Waals surface area contributed by atoms with Crippen LogP contribution < -0.4 is 0 Å². The second-order valence-corrected chi connectivity index (χ2v) is 8.14. The Morgan fingerprint density at radius 3 is 2.35 bits per heavy atom. The molecule has 2 heteroatoms. The van der Waals surface area contributed by atoms with Crippen molar-refractivity contribution in [1.82, 2.24) is 0 Å². The minimum Gasteiger partial charge on any atom is -0.376 e. The van der Waals surface area contributed by atoms with Crippen molar-refractivity contribution in [2.75, 3.05) is 6.61 Å². The minimum absolute atomic E-state index is 0.416. The fourth-order valence-electron chi connectivity index (χ4n) is 4.99. The highest BCUT2D eigenvalue weighted by atomic mass is 16.5. The van der Waals surface area contributed by atoms with Crippen LogP contribution in [-0.2, 0) is 9.47 Å². The highest BCUT2D eigenvalue weighted by Crippen LogP contribution is 2.54. The van der Waals surface area contributed by atoms with E-state index in [0.717, 1.165) is 18.4 Å². The van der Waals surface area contributed by atoms with Gasteiger partial charge in [-0.25, -0.2) is 0 Å². The Hall–Kier alpha value is -0.0800. The smallest absolute Gasteiger partial charge is 0.0709 e. The van der Waals surface area contributed by atoms with Crippen molar-refractivity contribution in [3.05, 3.63) is 0 Å². The van der Waals surface area contributed by atoms with Crippen LogP contribution in [0.25, 0.3) is 0 Å². The van der Waals surface area contributed by atoms with Gasteiger partial charge in [0.2, 0.25) is 0 Å². The van der Waals surface area contributed by atoms with Gasteiger partial charge in [-0.15, -0.1) is 0 Å². The third-order valence-electron chi connectivity index (χ3n) is 6.72. The molecule has 0 spiro atoms. The Balaban J connectivity index is 1.73. The molecule has 3 rings (SSSR count). The summed E-state index contributed by atoms with van der Waals surface area (Å²) in [5.41, 5.74) is 0.416. The van der Waals surface area contributed by atoms with Crippen LogP contribution in [0.5, 0.6) is 0 Å². The van der Waals surface area contributed by atoms with Crippen LogP contribution >= 0.6 is 0 Å². The Morgan fingerprint density at radius 1 is 1.10 bits per heavy atom. The number of hydrogen-bond donors (Lipinski definition) is 0. The third-order valence-corrected chi connectivity index (χ3v) is 6.72. The lowest BCUT2D eigenvalue weighted by Crippen LogP contribution is -2.59. The molecule has 3 aliphatic rings. The molecule has 0 aromatic heterocycles. The van der Waals surface area contributed by atoms with Gasteiger partial charge < -0.3 is 9.47 Å². The minimum atomic E-state index is 0.416. The van der Waals surface area contributed by atoms with Crippen molar-refractivity contribution in [2.45, 2.75) is 78.6 Å². The summed E-state index contributed by atoms with van der Waals surface area (Å²) < 4.78 is 12.4. The molecule has 20 heavy (non-hydrogen) atoms. The van der Waals surface area contributed by atoms with E-state index in [1.54, 1.807) is 0 Å². The van der Waals surface area contributed by atoms with E-state index in [2.05, 4.69) is 34.6 Å². The number of fused-ring (bicyclic) bond motifs is 2. The zero-order chi connectivity index (χ0) is 14.5. The van der Waals surface area contributed by atoms with Crippen molar-refractivity contribution in [2.24, 2.45) is 29.1 Å². The van der Waals surface area contributed by atoms with Gasteiger partial charge in [-0.1, -0.05) is 34.6 Å². The summed E-state index contributed by atoms with van der Waals surface area (Å²) in [4.78, 5) is 0. The van der Waals surface area contributed by atoms with Gasteiger partial charge in [0.05, 0.1) is 24.9 Å². The number of ether oxygens (including phenoxy) is 2. The third kappa shape index (κ3) is 2.14. The van der Waals surface area contributed by atoms with Crippen LogP contribution in [0.3, 0.4) is 0 Å². The summed E-state index contributed by atoms with van der Waals surface area (Å²) in [7, 11) is 0. The van der Waals surface area contributed by atoms with E-state index in [9.17, 15) is 0 Å². The first-order valence-electron chi connectivity index (χ1n) is 8.75. The molecule has 2 bridgehead atoms. The van der Waals surface area contributed by atoms with Gasteiger partial charge in [0, 0.05) is 11.3 Å². The lowest BCUT2D eigenvalue weighted by Gasteiger charge is -2.55. The van der Waals surface area contributed by atoms with E-state index in [1.807, 2.05) is 0 Å². The Morgan fingerprint density at radius 2 is 1.85 bits per heavy atom. The van der Waals surface area contributed by atoms with Gasteiger partial charge in [0.15, 0.2) is 0 Å². The molecule has 0 aromatic rings. The van der Waals surface area contributed by atoms with Crippen molar-refractivity contribution >= 4 is 0 Å². The molecule has 0 saturated carbocycles. The van der Waals surface area contributed by atoms with Crippen LogP contribution in [0.4, 0.5) is 0 Å². The van der Waals surface area contributed by atoms with Crippen LogP contribution in [0.2, 0.25) is 0 Å². The highest BCUT2D eigenvalue weighted by molar-refractivity contribution is 5.05. The molecule has 0 N–H and O–H groups in total. The normalized spacial score (nSPS) is 47.9. The molecule has 0 amide bonds. The molecule has 0 radical (unpaired) electrons. The van der Waals surface area contributed by atoms with Crippen LogP contribution in [0.1, 0.15) is 60.3 Å². The van der Waals surface area contributed by atoms with E-state index in [0.29, 0.717) is 35.6 Å². The average Bonchev–Trinajstić information content (AvgIpc) is 2.63. The summed E-state index contributed by atoms with van der Waals surface area (Å²) in [5.74, 6) is 3.03. The van der Waals surface area contributed by atoms with Crippen LogP contribution in [0.15, 0.2) is 0 Å². The maximum atomic E-state index is 6.28. The fraction of sp³-hybridized carbons (Fsp3) is 1.00. The first-order chi connectivity index (χ1) is 9.48. The predicted molar refractivity (Wildman–Crippen MR) is 81.6 cm³/mol. The molecule has 0 aromatic carbocycles. The Kier molecular flexibility index (Phi) is 3.92. The maximum Gasteiger partial charge on any atom is 0.0709 e. The zero-order valence-electron chi connectivity index (χ0n) is 13.9. The van der Waals surface area contributed by atoms with Crippen molar-refractivity contribution < 1.29 is 9.47 Å². The number of hydrogen-bond acceptors (Lipinski definition) is 2. The Bertz CT molecular complexity index is 347. The predicted octanol–water partition coefficient (Wildman–Crippen LogP) is 4.28. The molecule has 2 nitrogen and oxygen atoms in total. The summed E-state index contributed by atoms with van der Waals surface area (Å²) in [5, 5.41) is 0. The van der Waals surface area contributed by atoms with Crippen molar-refractivity contribution in [3.8, 4) is 0 Å². The molecule has 3 saturated heterocycles. The molecule has 3 fully saturated rings. The molecule has 6 atom stereocenters. The topological polar surface area (TPSA) is 18.5 Å². The zero-order valence-corrected chi connectivity index (χ0v) is 13.9. The summed E-state index contributed by atoms with van der Waals surface area (Å²) >= 11 is 0. The summed E-state index contributed by atoms with van der Waals surface area (Å²) in [6.45, 7) is 12.8. The van der Waals surface area contributed by atoms with Crippen molar-refractivity contribution in [3.63, 3.8) is 0 Å². The van der Waals surface area contributed by atoms with Crippen LogP contribution in [0, 0.1) is 29.1 Å². The molecular formula is C18H32O2.